The molecule has 1 N–H and O–H groups in total. The minimum absolute atomic E-state index is 0.0575. The lowest BCUT2D eigenvalue weighted by atomic mass is 10.2. The molecule has 0 saturated heterocycles. The topological polar surface area (TPSA) is 94.0 Å². The van der Waals surface area contributed by atoms with Gasteiger partial charge in [0.15, 0.2) is 5.69 Å². The third kappa shape index (κ3) is 3.52. The van der Waals surface area contributed by atoms with E-state index in [0.717, 1.165) is 11.3 Å². The summed E-state index contributed by atoms with van der Waals surface area (Å²) in [7, 11) is 0. The van der Waals surface area contributed by atoms with Gasteiger partial charge >= 0.3 is 5.97 Å². The molecule has 27 heavy (non-hydrogen) atoms. The molecule has 0 fully saturated rings. The summed E-state index contributed by atoms with van der Waals surface area (Å²) < 4.78 is 7.12. The second kappa shape index (κ2) is 7.09. The molecular weight excluding hydrogens is 344 g/mol. The van der Waals surface area contributed by atoms with Crippen LogP contribution >= 0.6 is 0 Å². The second-order valence-corrected chi connectivity index (χ2v) is 5.66. The summed E-state index contributed by atoms with van der Waals surface area (Å²) in [6, 6.07) is 18.7. The minimum Gasteiger partial charge on any atom is -0.476 e. The number of carboxylic acids is 1. The molecule has 4 rings (SSSR count). The molecule has 7 nitrogen and oxygen atoms in total. The van der Waals surface area contributed by atoms with Gasteiger partial charge < -0.3 is 9.52 Å². The van der Waals surface area contributed by atoms with Crippen LogP contribution in [0.4, 0.5) is 0 Å². The van der Waals surface area contributed by atoms with E-state index in [2.05, 4.69) is 15.3 Å². The van der Waals surface area contributed by atoms with Crippen LogP contribution in [-0.4, -0.2) is 31.1 Å². The number of aromatic carboxylic acids is 1. The molecule has 132 valence electrons. The van der Waals surface area contributed by atoms with E-state index in [1.54, 1.807) is 18.3 Å². The van der Waals surface area contributed by atoms with Crippen molar-refractivity contribution in [2.24, 2.45) is 0 Å². The zero-order valence-electron chi connectivity index (χ0n) is 14.1. The maximum absolute atomic E-state index is 11.5. The monoisotopic (exact) mass is 358 g/mol. The Morgan fingerprint density at radius 1 is 0.963 bits per heavy atom. The quantitative estimate of drug-likeness (QED) is 0.583. The van der Waals surface area contributed by atoms with Crippen LogP contribution in [0.2, 0.25) is 0 Å². The summed E-state index contributed by atoms with van der Waals surface area (Å²) in [5, 5.41) is 21.5. The largest absolute Gasteiger partial charge is 0.476 e. The van der Waals surface area contributed by atoms with Crippen LogP contribution < -0.4 is 0 Å². The van der Waals surface area contributed by atoms with Crippen LogP contribution in [0.3, 0.4) is 0 Å². The first-order valence-corrected chi connectivity index (χ1v) is 8.16. The van der Waals surface area contributed by atoms with Crippen molar-refractivity contribution in [1.29, 1.82) is 0 Å². The second-order valence-electron chi connectivity index (χ2n) is 5.66. The first-order chi connectivity index (χ1) is 13.2. The number of hydrogen-bond acceptors (Lipinski definition) is 5. The summed E-state index contributed by atoms with van der Waals surface area (Å²) in [6.45, 7) is 0. The number of carbonyl (C=O) groups is 1. The van der Waals surface area contributed by atoms with Crippen molar-refractivity contribution >= 4 is 18.1 Å². The van der Waals surface area contributed by atoms with E-state index in [1.165, 1.54) is 4.68 Å². The molecule has 0 radical (unpaired) electrons. The van der Waals surface area contributed by atoms with Gasteiger partial charge in [0, 0.05) is 23.4 Å². The van der Waals surface area contributed by atoms with Crippen LogP contribution in [0, 0.1) is 0 Å². The van der Waals surface area contributed by atoms with Gasteiger partial charge in [0.05, 0.1) is 5.69 Å². The van der Waals surface area contributed by atoms with Crippen molar-refractivity contribution < 1.29 is 14.3 Å². The Morgan fingerprint density at radius 2 is 1.67 bits per heavy atom. The molecule has 0 saturated carbocycles. The number of benzene rings is 2. The minimum atomic E-state index is -1.11. The van der Waals surface area contributed by atoms with E-state index in [4.69, 9.17) is 4.42 Å². The number of carboxylic acid groups (broad SMARTS) is 1. The predicted molar refractivity (Wildman–Crippen MR) is 99.2 cm³/mol. The van der Waals surface area contributed by atoms with Gasteiger partial charge in [0.2, 0.25) is 11.8 Å². The zero-order valence-corrected chi connectivity index (χ0v) is 14.1. The van der Waals surface area contributed by atoms with Gasteiger partial charge in [-0.15, -0.1) is 10.2 Å². The van der Waals surface area contributed by atoms with Crippen molar-refractivity contribution in [2.75, 3.05) is 0 Å². The van der Waals surface area contributed by atoms with Crippen LogP contribution in [0.5, 0.6) is 0 Å². The lowest BCUT2D eigenvalue weighted by Crippen LogP contribution is -2.01. The van der Waals surface area contributed by atoms with Crippen LogP contribution in [0.15, 0.2) is 71.3 Å². The normalized spacial score (nSPS) is 11.1. The van der Waals surface area contributed by atoms with E-state index in [1.807, 2.05) is 60.7 Å². The van der Waals surface area contributed by atoms with Crippen LogP contribution in [-0.2, 0) is 0 Å². The molecular formula is C20H14N4O3. The van der Waals surface area contributed by atoms with Crippen molar-refractivity contribution in [3.05, 3.63) is 84.0 Å². The van der Waals surface area contributed by atoms with E-state index in [-0.39, 0.29) is 11.6 Å². The Bertz CT molecular complexity index is 1100. The summed E-state index contributed by atoms with van der Waals surface area (Å²) in [5.74, 6) is -0.439. The summed E-state index contributed by atoms with van der Waals surface area (Å²) in [4.78, 5) is 11.5. The van der Waals surface area contributed by atoms with Gasteiger partial charge in [-0.25, -0.2) is 9.48 Å². The lowest BCUT2D eigenvalue weighted by Gasteiger charge is -1.98. The Morgan fingerprint density at radius 3 is 2.37 bits per heavy atom. The predicted octanol–water partition coefficient (Wildman–Crippen LogP) is 3.79. The molecule has 0 unspecified atom stereocenters. The molecule has 0 bridgehead atoms. The summed E-state index contributed by atoms with van der Waals surface area (Å²) in [6.07, 6.45) is 4.81. The molecule has 0 atom stereocenters. The molecule has 0 aliphatic rings. The summed E-state index contributed by atoms with van der Waals surface area (Å²) in [5.41, 5.74) is 1.96. The Balaban J connectivity index is 1.63. The van der Waals surface area contributed by atoms with Crippen molar-refractivity contribution in [2.45, 2.75) is 0 Å². The Labute approximate surface area is 154 Å². The van der Waals surface area contributed by atoms with Crippen molar-refractivity contribution in [1.82, 2.24) is 20.0 Å². The van der Waals surface area contributed by atoms with Crippen LogP contribution in [0.1, 0.15) is 21.9 Å². The average Bonchev–Trinajstić information content (AvgIpc) is 3.35. The van der Waals surface area contributed by atoms with Gasteiger partial charge in [-0.05, 0) is 30.3 Å². The molecule has 2 aromatic heterocycles. The lowest BCUT2D eigenvalue weighted by molar-refractivity contribution is 0.0689. The highest BCUT2D eigenvalue weighted by atomic mass is 16.4. The maximum atomic E-state index is 11.5. The first kappa shape index (κ1) is 16.5. The van der Waals surface area contributed by atoms with Gasteiger partial charge in [0.1, 0.15) is 0 Å². The number of rotatable bonds is 5. The smallest absolute Gasteiger partial charge is 0.357 e. The number of hydrogen-bond donors (Lipinski definition) is 1. The molecule has 7 heteroatoms. The Hall–Kier alpha value is -4.00. The molecule has 0 aliphatic carbocycles. The molecule has 0 amide bonds. The van der Waals surface area contributed by atoms with Crippen LogP contribution in [0.25, 0.3) is 29.3 Å². The van der Waals surface area contributed by atoms with E-state index >= 15 is 0 Å². The van der Waals surface area contributed by atoms with E-state index in [0.29, 0.717) is 11.5 Å². The van der Waals surface area contributed by atoms with Crippen molar-refractivity contribution in [3.8, 4) is 17.1 Å². The highest BCUT2D eigenvalue weighted by molar-refractivity contribution is 5.91. The highest BCUT2D eigenvalue weighted by Gasteiger charge is 2.15. The standard InChI is InChI=1S/C20H14N4O3/c25-20(26)18-15(13-24(23-18)16-9-5-2-6-10-16)11-12-17-21-22-19(27-17)14-7-3-1-4-8-14/h1-13H,(H,25,26). The number of aromatic nitrogens is 4. The highest BCUT2D eigenvalue weighted by Crippen LogP contribution is 2.19. The SMILES string of the molecule is O=C(O)c1nn(-c2ccccc2)cc1C=Cc1nnc(-c2ccccc2)o1. The van der Waals surface area contributed by atoms with Crippen molar-refractivity contribution in [3.63, 3.8) is 0 Å². The Kier molecular flexibility index (Phi) is 4.32. The maximum Gasteiger partial charge on any atom is 0.357 e. The molecule has 0 aliphatic heterocycles. The molecule has 0 spiro atoms. The van der Waals surface area contributed by atoms with E-state index < -0.39 is 5.97 Å². The van der Waals surface area contributed by atoms with Gasteiger partial charge in [-0.2, -0.15) is 5.10 Å². The molecule has 4 aromatic rings. The number of nitrogens with zero attached hydrogens (tertiary/aromatic N) is 4. The van der Waals surface area contributed by atoms with Gasteiger partial charge in [-0.1, -0.05) is 36.4 Å². The third-order valence-electron chi connectivity index (χ3n) is 3.83. The first-order valence-electron chi connectivity index (χ1n) is 8.16. The fourth-order valence-corrected chi connectivity index (χ4v) is 2.55. The molecule has 2 aromatic carbocycles. The fraction of sp³-hybridized carbons (Fsp3) is 0. The third-order valence-corrected chi connectivity index (χ3v) is 3.83. The van der Waals surface area contributed by atoms with Gasteiger partial charge in [0.25, 0.3) is 0 Å². The molecule has 2 heterocycles. The van der Waals surface area contributed by atoms with E-state index in [9.17, 15) is 9.90 Å². The number of para-hydroxylation sites is 1. The van der Waals surface area contributed by atoms with Gasteiger partial charge in [-0.3, -0.25) is 0 Å². The zero-order chi connectivity index (χ0) is 18.6. The fourth-order valence-electron chi connectivity index (χ4n) is 2.55. The summed E-state index contributed by atoms with van der Waals surface area (Å²) >= 11 is 0. The average molecular weight is 358 g/mol.